The molecule has 1 saturated carbocycles. The van der Waals surface area contributed by atoms with Crippen LogP contribution in [0.3, 0.4) is 0 Å². The second-order valence-electron chi connectivity index (χ2n) is 8.18. The molecule has 0 amide bonds. The molecule has 126 valence electrons. The third-order valence-corrected chi connectivity index (χ3v) is 7.01. The molecule has 0 radical (unpaired) electrons. The molecule has 4 atom stereocenters. The Labute approximate surface area is 145 Å². The van der Waals surface area contributed by atoms with E-state index in [-0.39, 0.29) is 0 Å². The van der Waals surface area contributed by atoms with E-state index in [9.17, 15) is 5.11 Å². The van der Waals surface area contributed by atoms with Crippen molar-refractivity contribution >= 4 is 0 Å². The molecule has 0 heterocycles. The maximum absolute atomic E-state index is 9.84. The number of fused-ring (bicyclic) bond motifs is 3. The number of phenolic OH excluding ortho intramolecular Hbond substituents is 1. The quantitative estimate of drug-likeness (QED) is 0.716. The second kappa shape index (κ2) is 5.95. The third kappa shape index (κ3) is 2.46. The molecule has 1 nitrogen and oxygen atoms in total. The molecule has 0 bridgehead atoms. The summed E-state index contributed by atoms with van der Waals surface area (Å²) in [5, 5.41) is 9.84. The largest absolute Gasteiger partial charge is 0.508 e. The zero-order valence-electron chi connectivity index (χ0n) is 14.8. The third-order valence-electron chi connectivity index (χ3n) is 7.01. The number of phenols is 1. The molecule has 1 fully saturated rings. The Morgan fingerprint density at radius 1 is 1.08 bits per heavy atom. The number of aryl methyl sites for hydroxylation is 1. The molecule has 4 unspecified atom stereocenters. The van der Waals surface area contributed by atoms with E-state index in [1.165, 1.54) is 42.4 Å². The Morgan fingerprint density at radius 2 is 1.88 bits per heavy atom. The fourth-order valence-corrected chi connectivity index (χ4v) is 5.69. The highest BCUT2D eigenvalue weighted by molar-refractivity contribution is 5.41. The molecule has 24 heavy (non-hydrogen) atoms. The Hall–Kier alpha value is -1.76. The van der Waals surface area contributed by atoms with E-state index in [1.54, 1.807) is 0 Å². The van der Waals surface area contributed by atoms with Crippen LogP contribution in [-0.4, -0.2) is 5.11 Å². The summed E-state index contributed by atoms with van der Waals surface area (Å²) in [6, 6.07) is 17.1. The summed E-state index contributed by atoms with van der Waals surface area (Å²) in [6.45, 7) is 4.97. The SMILES string of the molecule is CC(c1ccccc1)C1CCCC2c3ccc(O)cc3CCC21C. The lowest BCUT2D eigenvalue weighted by molar-refractivity contribution is 0.0499. The van der Waals surface area contributed by atoms with Crippen LogP contribution in [0.15, 0.2) is 48.5 Å². The fraction of sp³-hybridized carbons (Fsp3) is 0.478. The molecule has 2 aromatic carbocycles. The van der Waals surface area contributed by atoms with Crippen LogP contribution in [0.4, 0.5) is 0 Å². The zero-order valence-corrected chi connectivity index (χ0v) is 14.8. The van der Waals surface area contributed by atoms with Crippen molar-refractivity contribution < 1.29 is 5.11 Å². The van der Waals surface area contributed by atoms with E-state index in [4.69, 9.17) is 0 Å². The second-order valence-corrected chi connectivity index (χ2v) is 8.18. The van der Waals surface area contributed by atoms with Gasteiger partial charge in [0.15, 0.2) is 0 Å². The standard InChI is InChI=1S/C23H28O/c1-16(17-7-4-3-5-8-17)21-9-6-10-22-20-12-11-19(24)15-18(20)13-14-23(21,22)2/h3-5,7-8,11-12,15-16,21-22,24H,6,9-10,13-14H2,1-2H3. The Balaban J connectivity index is 1.71. The van der Waals surface area contributed by atoms with Gasteiger partial charge in [0.25, 0.3) is 0 Å². The fourth-order valence-electron chi connectivity index (χ4n) is 5.69. The van der Waals surface area contributed by atoms with Crippen LogP contribution in [0.25, 0.3) is 0 Å². The minimum absolute atomic E-state index is 0.373. The average Bonchev–Trinajstić information content (AvgIpc) is 2.61. The van der Waals surface area contributed by atoms with Gasteiger partial charge in [0.2, 0.25) is 0 Å². The molecule has 4 rings (SSSR count). The van der Waals surface area contributed by atoms with Gasteiger partial charge >= 0.3 is 0 Å². The van der Waals surface area contributed by atoms with Gasteiger partial charge in [-0.25, -0.2) is 0 Å². The van der Waals surface area contributed by atoms with Gasteiger partial charge in [-0.3, -0.25) is 0 Å². The molecule has 0 saturated heterocycles. The number of aromatic hydroxyl groups is 1. The Bertz CT molecular complexity index is 720. The van der Waals surface area contributed by atoms with Crippen LogP contribution in [0.2, 0.25) is 0 Å². The van der Waals surface area contributed by atoms with Crippen molar-refractivity contribution in [3.05, 3.63) is 65.2 Å². The number of hydrogen-bond acceptors (Lipinski definition) is 1. The highest BCUT2D eigenvalue weighted by Crippen LogP contribution is 2.59. The summed E-state index contributed by atoms with van der Waals surface area (Å²) in [5.74, 6) is 2.41. The predicted molar refractivity (Wildman–Crippen MR) is 99.5 cm³/mol. The van der Waals surface area contributed by atoms with Gasteiger partial charge in [0.05, 0.1) is 0 Å². The minimum atomic E-state index is 0.373. The number of hydrogen-bond donors (Lipinski definition) is 1. The monoisotopic (exact) mass is 320 g/mol. The van der Waals surface area contributed by atoms with E-state index in [1.807, 2.05) is 12.1 Å². The topological polar surface area (TPSA) is 20.2 Å². The maximum atomic E-state index is 9.84. The molecular formula is C23H28O. The lowest BCUT2D eigenvalue weighted by atomic mass is 9.51. The number of benzene rings is 2. The average molecular weight is 320 g/mol. The zero-order chi connectivity index (χ0) is 16.7. The van der Waals surface area contributed by atoms with Crippen LogP contribution in [0.1, 0.15) is 68.1 Å². The summed E-state index contributed by atoms with van der Waals surface area (Å²) in [4.78, 5) is 0. The van der Waals surface area contributed by atoms with Gasteiger partial charge in [0, 0.05) is 0 Å². The summed E-state index contributed by atoms with van der Waals surface area (Å²) in [6.07, 6.45) is 6.32. The predicted octanol–water partition coefficient (Wildman–Crippen LogP) is 6.03. The van der Waals surface area contributed by atoms with Crippen LogP contribution in [-0.2, 0) is 6.42 Å². The summed E-state index contributed by atoms with van der Waals surface area (Å²) < 4.78 is 0. The van der Waals surface area contributed by atoms with Gasteiger partial charge in [-0.05, 0) is 77.7 Å². The van der Waals surface area contributed by atoms with Crippen molar-refractivity contribution in [2.24, 2.45) is 11.3 Å². The lowest BCUT2D eigenvalue weighted by Crippen LogP contribution is -2.43. The normalized spacial score (nSPS) is 30.2. The molecule has 0 aromatic heterocycles. The first-order chi connectivity index (χ1) is 11.6. The number of rotatable bonds is 2. The van der Waals surface area contributed by atoms with Crippen molar-refractivity contribution in [1.29, 1.82) is 0 Å². The molecular weight excluding hydrogens is 292 g/mol. The van der Waals surface area contributed by atoms with Crippen LogP contribution < -0.4 is 0 Å². The molecule has 2 aromatic rings. The molecule has 2 aliphatic rings. The van der Waals surface area contributed by atoms with Gasteiger partial charge in [-0.15, -0.1) is 0 Å². The molecule has 1 heteroatoms. The first kappa shape index (κ1) is 15.7. The first-order valence-corrected chi connectivity index (χ1v) is 9.46. The van der Waals surface area contributed by atoms with Crippen LogP contribution in [0.5, 0.6) is 5.75 Å². The van der Waals surface area contributed by atoms with Crippen LogP contribution >= 0.6 is 0 Å². The van der Waals surface area contributed by atoms with Crippen LogP contribution in [0, 0.1) is 11.3 Å². The molecule has 0 aliphatic heterocycles. The van der Waals surface area contributed by atoms with Gasteiger partial charge in [-0.1, -0.05) is 56.7 Å². The van der Waals surface area contributed by atoms with E-state index in [0.717, 1.165) is 12.3 Å². The van der Waals surface area contributed by atoms with Crippen molar-refractivity contribution in [2.75, 3.05) is 0 Å². The van der Waals surface area contributed by atoms with Gasteiger partial charge in [-0.2, -0.15) is 0 Å². The van der Waals surface area contributed by atoms with Crippen molar-refractivity contribution in [3.63, 3.8) is 0 Å². The van der Waals surface area contributed by atoms with Crippen molar-refractivity contribution in [3.8, 4) is 5.75 Å². The molecule has 0 spiro atoms. The summed E-state index contributed by atoms with van der Waals surface area (Å²) in [7, 11) is 0. The summed E-state index contributed by atoms with van der Waals surface area (Å²) >= 11 is 0. The lowest BCUT2D eigenvalue weighted by Gasteiger charge is -2.53. The Morgan fingerprint density at radius 3 is 2.67 bits per heavy atom. The van der Waals surface area contributed by atoms with Gasteiger partial charge in [0.1, 0.15) is 5.75 Å². The highest BCUT2D eigenvalue weighted by atomic mass is 16.3. The van der Waals surface area contributed by atoms with Crippen molar-refractivity contribution in [2.45, 2.75) is 57.8 Å². The van der Waals surface area contributed by atoms with E-state index in [2.05, 4.69) is 50.2 Å². The van der Waals surface area contributed by atoms with E-state index < -0.39 is 0 Å². The minimum Gasteiger partial charge on any atom is -0.508 e. The highest BCUT2D eigenvalue weighted by Gasteiger charge is 2.48. The maximum Gasteiger partial charge on any atom is 0.115 e. The smallest absolute Gasteiger partial charge is 0.115 e. The Kier molecular flexibility index (Phi) is 3.90. The van der Waals surface area contributed by atoms with Gasteiger partial charge < -0.3 is 5.11 Å². The first-order valence-electron chi connectivity index (χ1n) is 9.46. The summed E-state index contributed by atoms with van der Waals surface area (Å²) in [5.41, 5.74) is 4.75. The molecule has 2 aliphatic carbocycles. The van der Waals surface area contributed by atoms with E-state index in [0.29, 0.717) is 23.0 Å². The van der Waals surface area contributed by atoms with E-state index >= 15 is 0 Å². The van der Waals surface area contributed by atoms with Crippen molar-refractivity contribution in [1.82, 2.24) is 0 Å². The molecule has 1 N–H and O–H groups in total.